The first-order valence-corrected chi connectivity index (χ1v) is 8.49. The van der Waals surface area contributed by atoms with E-state index < -0.39 is 24.0 Å². The molecule has 0 aliphatic carbocycles. The molecular formula is C19H22N4O5. The van der Waals surface area contributed by atoms with Gasteiger partial charge in [-0.05, 0) is 30.7 Å². The Hall–Kier alpha value is -3.27. The molecule has 2 rings (SSSR count). The van der Waals surface area contributed by atoms with Crippen LogP contribution in [0.5, 0.6) is 0 Å². The first-order chi connectivity index (χ1) is 13.4. The Morgan fingerprint density at radius 3 is 2.29 bits per heavy atom. The Morgan fingerprint density at radius 2 is 1.71 bits per heavy atom. The van der Waals surface area contributed by atoms with E-state index in [1.807, 2.05) is 12.1 Å². The number of aliphatic hydroxyl groups is 1. The summed E-state index contributed by atoms with van der Waals surface area (Å²) in [5.41, 5.74) is 9.08. The highest BCUT2D eigenvalue weighted by molar-refractivity contribution is 5.99. The van der Waals surface area contributed by atoms with Crippen LogP contribution in [0.4, 0.5) is 5.69 Å². The lowest BCUT2D eigenvalue weighted by atomic mass is 10.0. The third-order valence-corrected chi connectivity index (χ3v) is 4.01. The van der Waals surface area contributed by atoms with Crippen LogP contribution < -0.4 is 21.8 Å². The van der Waals surface area contributed by atoms with Crippen molar-refractivity contribution in [2.75, 3.05) is 11.9 Å². The zero-order valence-electron chi connectivity index (χ0n) is 15.2. The molecule has 0 aliphatic rings. The van der Waals surface area contributed by atoms with Crippen molar-refractivity contribution in [2.45, 2.75) is 19.1 Å². The quantitative estimate of drug-likeness (QED) is 0.296. The number of anilines is 1. The molecule has 0 saturated carbocycles. The van der Waals surface area contributed by atoms with Crippen LogP contribution in [0.15, 0.2) is 48.5 Å². The molecule has 3 amide bonds. The van der Waals surface area contributed by atoms with Crippen molar-refractivity contribution in [3.05, 3.63) is 54.1 Å². The van der Waals surface area contributed by atoms with Crippen LogP contribution in [0, 0.1) is 0 Å². The average molecular weight is 386 g/mol. The number of hydrogen-bond donors (Lipinski definition) is 6. The second-order valence-electron chi connectivity index (χ2n) is 6.04. The fourth-order valence-electron chi connectivity index (χ4n) is 2.55. The Balaban J connectivity index is 2.21. The number of nitrogens with two attached hydrogens (primary N) is 1. The van der Waals surface area contributed by atoms with Gasteiger partial charge in [-0.25, -0.2) is 5.48 Å². The van der Waals surface area contributed by atoms with Crippen molar-refractivity contribution in [1.29, 1.82) is 0 Å². The summed E-state index contributed by atoms with van der Waals surface area (Å²) < 4.78 is 0. The third kappa shape index (κ3) is 5.13. The van der Waals surface area contributed by atoms with Crippen LogP contribution in [0.3, 0.4) is 0 Å². The zero-order chi connectivity index (χ0) is 20.7. The normalized spacial score (nSPS) is 12.6. The molecule has 0 radical (unpaired) electrons. The lowest BCUT2D eigenvalue weighted by Crippen LogP contribution is -2.51. The number of carbonyl (C=O) groups excluding carboxylic acids is 3. The highest BCUT2D eigenvalue weighted by atomic mass is 16.5. The van der Waals surface area contributed by atoms with E-state index in [0.717, 1.165) is 11.1 Å². The molecule has 9 heteroatoms. The van der Waals surface area contributed by atoms with Crippen molar-refractivity contribution in [3.63, 3.8) is 0 Å². The Kier molecular flexibility index (Phi) is 7.21. The van der Waals surface area contributed by atoms with E-state index in [-0.39, 0.29) is 18.0 Å². The summed E-state index contributed by atoms with van der Waals surface area (Å²) in [6, 6.07) is 12.3. The fourth-order valence-corrected chi connectivity index (χ4v) is 2.55. The van der Waals surface area contributed by atoms with E-state index in [1.54, 1.807) is 36.4 Å². The predicted octanol–water partition coefficient (Wildman–Crippen LogP) is 0.235. The minimum Gasteiger partial charge on any atom is -0.391 e. The van der Waals surface area contributed by atoms with Crippen molar-refractivity contribution in [1.82, 2.24) is 10.8 Å². The average Bonchev–Trinajstić information content (AvgIpc) is 2.71. The number of amides is 3. The summed E-state index contributed by atoms with van der Waals surface area (Å²) in [4.78, 5) is 35.4. The van der Waals surface area contributed by atoms with E-state index in [9.17, 15) is 19.5 Å². The summed E-state index contributed by atoms with van der Waals surface area (Å²) in [6.07, 6.45) is -1.20. The molecular weight excluding hydrogens is 364 g/mol. The van der Waals surface area contributed by atoms with Gasteiger partial charge in [-0.3, -0.25) is 19.6 Å². The predicted molar refractivity (Wildman–Crippen MR) is 102 cm³/mol. The van der Waals surface area contributed by atoms with E-state index >= 15 is 0 Å². The molecule has 0 fully saturated rings. The third-order valence-electron chi connectivity index (χ3n) is 4.01. The lowest BCUT2D eigenvalue weighted by molar-refractivity contribution is -0.133. The summed E-state index contributed by atoms with van der Waals surface area (Å²) in [5.74, 6) is -1.84. The van der Waals surface area contributed by atoms with Crippen molar-refractivity contribution >= 4 is 23.4 Å². The number of para-hydroxylation sites is 1. The summed E-state index contributed by atoms with van der Waals surface area (Å²) in [6.45, 7) is 1.18. The maximum absolute atomic E-state index is 12.3. The number of aliphatic hydroxyl groups excluding tert-OH is 1. The van der Waals surface area contributed by atoms with Crippen LogP contribution in [-0.4, -0.2) is 46.7 Å². The standard InChI is InChI=1S/C19H22N4O5/c1-11(24)17(19(27)23-28)22-18(26)13-8-6-12(7-9-13)14-4-2-3-5-15(14)21-16(25)10-20/h2-9,11,17,24,28H,10,20H2,1H3,(H,21,25)(H,22,26)(H,23,27)/t11-,17-/m0/s1. The van der Waals surface area contributed by atoms with Gasteiger partial charge in [0.15, 0.2) is 0 Å². The molecule has 9 nitrogen and oxygen atoms in total. The van der Waals surface area contributed by atoms with Gasteiger partial charge in [0.2, 0.25) is 5.91 Å². The van der Waals surface area contributed by atoms with Gasteiger partial charge in [-0.1, -0.05) is 30.3 Å². The van der Waals surface area contributed by atoms with Crippen LogP contribution >= 0.6 is 0 Å². The minimum absolute atomic E-state index is 0.140. The smallest absolute Gasteiger partial charge is 0.268 e. The van der Waals surface area contributed by atoms with E-state index in [0.29, 0.717) is 5.69 Å². The topological polar surface area (TPSA) is 154 Å². The molecule has 28 heavy (non-hydrogen) atoms. The maximum atomic E-state index is 12.3. The molecule has 148 valence electrons. The molecule has 2 aromatic carbocycles. The van der Waals surface area contributed by atoms with Gasteiger partial charge in [0, 0.05) is 16.8 Å². The van der Waals surface area contributed by atoms with Gasteiger partial charge < -0.3 is 21.5 Å². The highest BCUT2D eigenvalue weighted by Crippen LogP contribution is 2.28. The molecule has 2 atom stereocenters. The van der Waals surface area contributed by atoms with Crippen molar-refractivity contribution < 1.29 is 24.7 Å². The summed E-state index contributed by atoms with van der Waals surface area (Å²) >= 11 is 0. The molecule has 0 spiro atoms. The number of nitrogens with one attached hydrogen (secondary N) is 3. The first kappa shape index (κ1) is 21.0. The summed E-state index contributed by atoms with van der Waals surface area (Å²) in [7, 11) is 0. The molecule has 0 saturated heterocycles. The Bertz CT molecular complexity index is 852. The van der Waals surface area contributed by atoms with Gasteiger partial charge in [0.25, 0.3) is 11.8 Å². The molecule has 0 heterocycles. The van der Waals surface area contributed by atoms with Gasteiger partial charge in [0.1, 0.15) is 6.04 Å². The Morgan fingerprint density at radius 1 is 1.07 bits per heavy atom. The second-order valence-corrected chi connectivity index (χ2v) is 6.04. The number of rotatable bonds is 7. The van der Waals surface area contributed by atoms with Crippen LogP contribution in [0.25, 0.3) is 11.1 Å². The van der Waals surface area contributed by atoms with E-state index in [4.69, 9.17) is 10.9 Å². The number of benzene rings is 2. The molecule has 0 unspecified atom stereocenters. The molecule has 0 aromatic heterocycles. The maximum Gasteiger partial charge on any atom is 0.268 e. The fraction of sp³-hybridized carbons (Fsp3) is 0.211. The van der Waals surface area contributed by atoms with Gasteiger partial charge in [-0.2, -0.15) is 0 Å². The van der Waals surface area contributed by atoms with Crippen molar-refractivity contribution in [3.8, 4) is 11.1 Å². The van der Waals surface area contributed by atoms with E-state index in [1.165, 1.54) is 12.4 Å². The zero-order valence-corrected chi connectivity index (χ0v) is 15.2. The molecule has 0 bridgehead atoms. The van der Waals surface area contributed by atoms with Gasteiger partial charge >= 0.3 is 0 Å². The minimum atomic E-state index is -1.30. The molecule has 0 aliphatic heterocycles. The number of carbonyl (C=O) groups is 3. The van der Waals surface area contributed by atoms with Gasteiger partial charge in [-0.15, -0.1) is 0 Å². The largest absolute Gasteiger partial charge is 0.391 e. The van der Waals surface area contributed by atoms with Crippen LogP contribution in [0.2, 0.25) is 0 Å². The second kappa shape index (κ2) is 9.60. The SMILES string of the molecule is C[C@H](O)[C@H](NC(=O)c1ccc(-c2ccccc2NC(=O)CN)cc1)C(=O)NO. The van der Waals surface area contributed by atoms with Crippen LogP contribution in [-0.2, 0) is 9.59 Å². The molecule has 7 N–H and O–H groups in total. The monoisotopic (exact) mass is 386 g/mol. The van der Waals surface area contributed by atoms with E-state index in [2.05, 4.69) is 10.6 Å². The first-order valence-electron chi connectivity index (χ1n) is 8.49. The van der Waals surface area contributed by atoms with Crippen LogP contribution in [0.1, 0.15) is 17.3 Å². The van der Waals surface area contributed by atoms with Crippen molar-refractivity contribution in [2.24, 2.45) is 5.73 Å². The lowest BCUT2D eigenvalue weighted by Gasteiger charge is -2.19. The Labute approximate surface area is 161 Å². The number of hydroxylamine groups is 1. The molecule has 2 aromatic rings. The number of hydrogen-bond acceptors (Lipinski definition) is 6. The summed E-state index contributed by atoms with van der Waals surface area (Å²) in [5, 5.41) is 23.4. The van der Waals surface area contributed by atoms with Gasteiger partial charge in [0.05, 0.1) is 12.6 Å². The highest BCUT2D eigenvalue weighted by Gasteiger charge is 2.25.